The largest absolute Gasteiger partial charge is 0.309 e. The Morgan fingerprint density at radius 1 is 0.167 bits per heavy atom. The average Bonchev–Trinajstić information content (AvgIpc) is 1.61. The molecule has 0 spiro atoms. The van der Waals surface area contributed by atoms with E-state index in [9.17, 15) is 0 Å². The van der Waals surface area contributed by atoms with Crippen LogP contribution in [0, 0.1) is 0 Å². The lowest BCUT2D eigenvalue weighted by Gasteiger charge is -2.14. The number of fused-ring (bicyclic) bond motifs is 18. The number of nitrogens with zero attached hydrogens (tertiary/aromatic N) is 9. The molecule has 0 unspecified atom stereocenters. The van der Waals surface area contributed by atoms with Crippen LogP contribution < -0.4 is 0 Å². The van der Waals surface area contributed by atoms with E-state index in [1.54, 1.807) is 0 Å². The molecule has 0 saturated carbocycles. The van der Waals surface area contributed by atoms with E-state index in [4.69, 9.17) is 15.0 Å². The molecule has 20 rings (SSSR count). The summed E-state index contributed by atoms with van der Waals surface area (Å²) in [5.41, 5.74) is 18.2. The summed E-state index contributed by atoms with van der Waals surface area (Å²) in [6, 6.07) is 108. The normalized spacial score (nSPS) is 12.2. The standard InChI is InChI=1S/C81H49N9/c1-2-20-50(21-3-1)79-82-80(89-75-42-38-51(85-67-30-12-4-22-55(67)56-23-5-13-31-68(56)85)46-63(75)64-47-52(39-43-76(64)89)86-69-32-14-6-24-57(69)58-25-7-15-33-70(58)86)84-81(83-79)90-77-44-40-53(87-71-34-16-8-26-59(71)60-27-9-17-35-72(60)87)48-65(77)66-49-54(41-45-78(66)90)88-73-36-18-10-28-61(73)62-29-11-19-37-74(62)88/h1-49H. The minimum Gasteiger partial charge on any atom is -0.309 e. The molecule has 13 aromatic carbocycles. The van der Waals surface area contributed by atoms with Crippen molar-refractivity contribution in [3.05, 3.63) is 297 Å². The summed E-state index contributed by atoms with van der Waals surface area (Å²) >= 11 is 0. The average molecular weight is 1150 g/mol. The Morgan fingerprint density at radius 2 is 0.378 bits per heavy atom. The van der Waals surface area contributed by atoms with Gasteiger partial charge in [-0.3, -0.25) is 9.13 Å². The van der Waals surface area contributed by atoms with Gasteiger partial charge in [-0.15, -0.1) is 0 Å². The zero-order valence-corrected chi connectivity index (χ0v) is 48.3. The van der Waals surface area contributed by atoms with Gasteiger partial charge in [-0.2, -0.15) is 15.0 Å². The van der Waals surface area contributed by atoms with Gasteiger partial charge in [-0.1, -0.05) is 176 Å². The third-order valence-electron chi connectivity index (χ3n) is 18.9. The lowest BCUT2D eigenvalue weighted by Crippen LogP contribution is -2.10. The van der Waals surface area contributed by atoms with Crippen LogP contribution in [0.25, 0.3) is 177 Å². The van der Waals surface area contributed by atoms with Crippen LogP contribution in [-0.4, -0.2) is 42.4 Å². The zero-order valence-electron chi connectivity index (χ0n) is 48.3. The van der Waals surface area contributed by atoms with Crippen LogP contribution in [0.4, 0.5) is 0 Å². The lowest BCUT2D eigenvalue weighted by molar-refractivity contribution is 0.892. The second-order valence-corrected chi connectivity index (χ2v) is 23.6. The fraction of sp³-hybridized carbons (Fsp3) is 0. The lowest BCUT2D eigenvalue weighted by atomic mass is 10.1. The maximum atomic E-state index is 5.74. The Balaban J connectivity index is 0.869. The molecule has 7 aromatic heterocycles. The van der Waals surface area contributed by atoms with Crippen LogP contribution >= 0.6 is 0 Å². The molecule has 0 bridgehead atoms. The van der Waals surface area contributed by atoms with Gasteiger partial charge in [0.25, 0.3) is 0 Å². The molecule has 0 aliphatic carbocycles. The fourth-order valence-electron chi connectivity index (χ4n) is 15.1. The maximum absolute atomic E-state index is 5.74. The Hall–Kier alpha value is -12.3. The quantitative estimate of drug-likeness (QED) is 0.160. The van der Waals surface area contributed by atoms with Crippen LogP contribution in [0.5, 0.6) is 0 Å². The molecule has 0 fully saturated rings. The number of benzene rings is 13. The van der Waals surface area contributed by atoms with Crippen LogP contribution in [0.2, 0.25) is 0 Å². The molecule has 9 heteroatoms. The van der Waals surface area contributed by atoms with E-state index in [2.05, 4.69) is 319 Å². The predicted molar refractivity (Wildman–Crippen MR) is 371 cm³/mol. The molecule has 0 aliphatic heterocycles. The predicted octanol–water partition coefficient (Wildman–Crippen LogP) is 20.1. The number of rotatable bonds is 7. The molecule has 0 N–H and O–H groups in total. The first kappa shape index (κ1) is 48.9. The molecular formula is C81H49N9. The van der Waals surface area contributed by atoms with E-state index in [-0.39, 0.29) is 0 Å². The second-order valence-electron chi connectivity index (χ2n) is 23.6. The summed E-state index contributed by atoms with van der Waals surface area (Å²) in [5, 5.41) is 14.0. The number of para-hydroxylation sites is 8. The highest BCUT2D eigenvalue weighted by Crippen LogP contribution is 2.43. The van der Waals surface area contributed by atoms with Crippen molar-refractivity contribution in [2.75, 3.05) is 0 Å². The third-order valence-corrected chi connectivity index (χ3v) is 18.9. The van der Waals surface area contributed by atoms with E-state index in [1.807, 2.05) is 6.07 Å². The first-order chi connectivity index (χ1) is 44.7. The van der Waals surface area contributed by atoms with E-state index < -0.39 is 0 Å². The van der Waals surface area contributed by atoms with E-state index in [1.165, 1.54) is 43.1 Å². The van der Waals surface area contributed by atoms with Gasteiger partial charge < -0.3 is 18.3 Å². The summed E-state index contributed by atoms with van der Waals surface area (Å²) in [6.45, 7) is 0. The topological polar surface area (TPSA) is 68.2 Å². The van der Waals surface area contributed by atoms with Crippen LogP contribution in [0.3, 0.4) is 0 Å². The molecule has 0 radical (unpaired) electrons. The first-order valence-electron chi connectivity index (χ1n) is 30.6. The summed E-state index contributed by atoms with van der Waals surface area (Å²) in [6.07, 6.45) is 0. The monoisotopic (exact) mass is 1150 g/mol. The van der Waals surface area contributed by atoms with Crippen molar-refractivity contribution in [1.29, 1.82) is 0 Å². The Kier molecular flexibility index (Phi) is 10.1. The van der Waals surface area contributed by atoms with Gasteiger partial charge in [-0.25, -0.2) is 0 Å². The van der Waals surface area contributed by atoms with Gasteiger partial charge in [0.2, 0.25) is 11.9 Å². The number of aromatic nitrogens is 9. The van der Waals surface area contributed by atoms with Crippen LogP contribution in [-0.2, 0) is 0 Å². The Bertz CT molecular complexity index is 5500. The number of hydrogen-bond donors (Lipinski definition) is 0. The molecule has 0 aliphatic rings. The molecule has 9 nitrogen and oxygen atoms in total. The molecule has 7 heterocycles. The van der Waals surface area contributed by atoms with Crippen LogP contribution in [0.1, 0.15) is 0 Å². The van der Waals surface area contributed by atoms with Crippen molar-refractivity contribution < 1.29 is 0 Å². The van der Waals surface area contributed by atoms with Crippen molar-refractivity contribution in [2.45, 2.75) is 0 Å². The molecular weight excluding hydrogens is 1100 g/mol. The summed E-state index contributed by atoms with van der Waals surface area (Å²) in [7, 11) is 0. The van der Waals surface area contributed by atoms with Gasteiger partial charge in [-0.05, 0) is 121 Å². The molecule has 20 aromatic rings. The second kappa shape index (κ2) is 18.6. The van der Waals surface area contributed by atoms with E-state index in [0.29, 0.717) is 17.7 Å². The zero-order chi connectivity index (χ0) is 58.7. The molecule has 0 saturated heterocycles. The van der Waals surface area contributed by atoms with Crippen LogP contribution in [0.15, 0.2) is 297 Å². The van der Waals surface area contributed by atoms with Crippen molar-refractivity contribution in [2.24, 2.45) is 0 Å². The van der Waals surface area contributed by atoms with Crippen molar-refractivity contribution in [3.63, 3.8) is 0 Å². The van der Waals surface area contributed by atoms with E-state index >= 15 is 0 Å². The summed E-state index contributed by atoms with van der Waals surface area (Å²) in [5.74, 6) is 1.58. The van der Waals surface area contributed by atoms with Crippen molar-refractivity contribution >= 4 is 131 Å². The van der Waals surface area contributed by atoms with Crippen molar-refractivity contribution in [1.82, 2.24) is 42.4 Å². The molecule has 418 valence electrons. The number of hydrogen-bond acceptors (Lipinski definition) is 3. The SMILES string of the molecule is c1ccc(-c2nc(-n3c4ccc(-n5c6ccccc6c6ccccc65)cc4c4cc(-n5c6ccccc6c6ccccc65)ccc43)nc(-n3c4ccc(-n5c6ccccc6c6ccccc65)cc4c4cc(-n5c6ccccc6c6ccccc65)ccc43)n2)cc1. The smallest absolute Gasteiger partial charge is 0.240 e. The Morgan fingerprint density at radius 3 is 0.622 bits per heavy atom. The first-order valence-corrected chi connectivity index (χ1v) is 30.6. The van der Waals surface area contributed by atoms with E-state index in [0.717, 1.165) is 116 Å². The highest BCUT2D eigenvalue weighted by atomic mass is 15.3. The highest BCUT2D eigenvalue weighted by molar-refractivity contribution is 6.16. The van der Waals surface area contributed by atoms with Gasteiger partial charge >= 0.3 is 0 Å². The maximum Gasteiger partial charge on any atom is 0.240 e. The van der Waals surface area contributed by atoms with Gasteiger partial charge in [0.15, 0.2) is 5.82 Å². The third kappa shape index (κ3) is 6.88. The minimum atomic E-state index is 0.506. The van der Waals surface area contributed by atoms with Crippen molar-refractivity contribution in [3.8, 4) is 46.0 Å². The molecule has 0 atom stereocenters. The minimum absolute atomic E-state index is 0.506. The summed E-state index contributed by atoms with van der Waals surface area (Å²) < 4.78 is 14.1. The Labute approximate surface area is 513 Å². The molecule has 0 amide bonds. The van der Waals surface area contributed by atoms with Gasteiger partial charge in [0.05, 0.1) is 66.2 Å². The van der Waals surface area contributed by atoms with Gasteiger partial charge in [0.1, 0.15) is 0 Å². The fourth-order valence-corrected chi connectivity index (χ4v) is 15.1. The highest BCUT2D eigenvalue weighted by Gasteiger charge is 2.25. The summed E-state index contributed by atoms with van der Waals surface area (Å²) in [4.78, 5) is 16.8. The molecule has 90 heavy (non-hydrogen) atoms. The van der Waals surface area contributed by atoms with Gasteiger partial charge in [0, 0.05) is 92.9 Å².